The number of ether oxygens (including phenoxy) is 1. The Morgan fingerprint density at radius 2 is 2.08 bits per heavy atom. The SMILES string of the molecule is Cc1cc(CN2CCN(C[C@@H](O)COCc3ccco3)CC2)no1. The molecule has 1 N–H and O–H groups in total. The number of aliphatic hydroxyl groups excluding tert-OH is 1. The Morgan fingerprint density at radius 1 is 1.29 bits per heavy atom. The van der Waals surface area contributed by atoms with E-state index in [1.807, 2.05) is 25.1 Å². The molecule has 7 heteroatoms. The number of hydrogen-bond donors (Lipinski definition) is 1. The fourth-order valence-corrected chi connectivity index (χ4v) is 2.89. The van der Waals surface area contributed by atoms with Crippen LogP contribution in [0.1, 0.15) is 17.2 Å². The topological polar surface area (TPSA) is 75.1 Å². The summed E-state index contributed by atoms with van der Waals surface area (Å²) in [6, 6.07) is 5.67. The summed E-state index contributed by atoms with van der Waals surface area (Å²) in [6.45, 7) is 7.88. The van der Waals surface area contributed by atoms with E-state index >= 15 is 0 Å². The second kappa shape index (κ2) is 8.43. The quantitative estimate of drug-likeness (QED) is 0.778. The zero-order valence-electron chi connectivity index (χ0n) is 14.1. The number of β-amino-alcohol motifs (C(OH)–C–C–N with tert-alkyl or cyclic N) is 1. The van der Waals surface area contributed by atoms with Gasteiger partial charge in [0.1, 0.15) is 18.1 Å². The monoisotopic (exact) mass is 335 g/mol. The minimum absolute atomic E-state index is 0.319. The van der Waals surface area contributed by atoms with Crippen molar-refractivity contribution >= 4 is 0 Å². The number of piperazine rings is 1. The molecule has 0 spiro atoms. The van der Waals surface area contributed by atoms with Gasteiger partial charge in [0.25, 0.3) is 0 Å². The molecular formula is C17H25N3O4. The smallest absolute Gasteiger partial charge is 0.133 e. The van der Waals surface area contributed by atoms with Gasteiger partial charge < -0.3 is 18.8 Å². The van der Waals surface area contributed by atoms with Crippen LogP contribution in [0.2, 0.25) is 0 Å². The van der Waals surface area contributed by atoms with Crippen LogP contribution in [0.15, 0.2) is 33.4 Å². The minimum atomic E-state index is -0.482. The second-order valence-corrected chi connectivity index (χ2v) is 6.25. The lowest BCUT2D eigenvalue weighted by Gasteiger charge is -2.35. The van der Waals surface area contributed by atoms with Crippen molar-refractivity contribution < 1.29 is 18.8 Å². The van der Waals surface area contributed by atoms with Crippen molar-refractivity contribution in [2.75, 3.05) is 39.3 Å². The molecule has 0 bridgehead atoms. The number of rotatable bonds is 8. The summed E-state index contributed by atoms with van der Waals surface area (Å²) in [7, 11) is 0. The van der Waals surface area contributed by atoms with E-state index in [-0.39, 0.29) is 0 Å². The molecule has 0 aliphatic carbocycles. The molecule has 0 unspecified atom stereocenters. The van der Waals surface area contributed by atoms with E-state index in [1.165, 1.54) is 0 Å². The Labute approximate surface area is 141 Å². The standard InChI is InChI=1S/C17H25N3O4/c1-14-9-15(18-24-14)10-19-4-6-20(7-5-19)11-16(21)12-22-13-17-3-2-8-23-17/h2-3,8-9,16,21H,4-7,10-13H2,1H3/t16-/m1/s1. The van der Waals surface area contributed by atoms with Crippen LogP contribution in [-0.2, 0) is 17.9 Å². The Bertz CT molecular complexity index is 591. The van der Waals surface area contributed by atoms with Crippen molar-refractivity contribution in [2.45, 2.75) is 26.2 Å². The summed E-state index contributed by atoms with van der Waals surface area (Å²) < 4.78 is 15.8. The molecule has 2 aromatic heterocycles. The van der Waals surface area contributed by atoms with Gasteiger partial charge in [-0.05, 0) is 19.1 Å². The number of aliphatic hydroxyl groups is 1. The fourth-order valence-electron chi connectivity index (χ4n) is 2.89. The van der Waals surface area contributed by atoms with E-state index in [2.05, 4.69) is 15.0 Å². The predicted octanol–water partition coefficient (Wildman–Crippen LogP) is 1.27. The van der Waals surface area contributed by atoms with Crippen LogP contribution in [-0.4, -0.2) is 65.5 Å². The minimum Gasteiger partial charge on any atom is -0.467 e. The Kier molecular flexibility index (Phi) is 6.03. The first-order valence-electron chi connectivity index (χ1n) is 8.34. The first-order valence-corrected chi connectivity index (χ1v) is 8.34. The Balaban J connectivity index is 1.31. The normalized spacial score (nSPS) is 18.1. The number of nitrogens with zero attached hydrogens (tertiary/aromatic N) is 3. The number of hydrogen-bond acceptors (Lipinski definition) is 7. The Hall–Kier alpha value is -1.67. The van der Waals surface area contributed by atoms with Crippen LogP contribution in [0.25, 0.3) is 0 Å². The summed E-state index contributed by atoms with van der Waals surface area (Å²) in [4.78, 5) is 4.62. The lowest BCUT2D eigenvalue weighted by molar-refractivity contribution is -0.00319. The van der Waals surface area contributed by atoms with Crippen molar-refractivity contribution in [2.24, 2.45) is 0 Å². The number of aryl methyl sites for hydroxylation is 1. The zero-order chi connectivity index (χ0) is 16.8. The fraction of sp³-hybridized carbons (Fsp3) is 0.588. The molecule has 0 amide bonds. The maximum absolute atomic E-state index is 10.1. The third-order valence-electron chi connectivity index (χ3n) is 4.13. The van der Waals surface area contributed by atoms with Gasteiger partial charge in [0.05, 0.1) is 24.7 Å². The molecular weight excluding hydrogens is 310 g/mol. The molecule has 3 rings (SSSR count). The molecule has 1 fully saturated rings. The van der Waals surface area contributed by atoms with Gasteiger partial charge in [0.15, 0.2) is 0 Å². The maximum atomic E-state index is 10.1. The second-order valence-electron chi connectivity index (χ2n) is 6.25. The molecule has 7 nitrogen and oxygen atoms in total. The molecule has 1 atom stereocenters. The highest BCUT2D eigenvalue weighted by Crippen LogP contribution is 2.10. The van der Waals surface area contributed by atoms with E-state index in [1.54, 1.807) is 6.26 Å². The van der Waals surface area contributed by atoms with Gasteiger partial charge in [-0.3, -0.25) is 9.80 Å². The molecule has 0 radical (unpaired) electrons. The van der Waals surface area contributed by atoms with Crippen LogP contribution in [0.3, 0.4) is 0 Å². The van der Waals surface area contributed by atoms with Crippen LogP contribution < -0.4 is 0 Å². The summed E-state index contributed by atoms with van der Waals surface area (Å²) in [6.07, 6.45) is 1.14. The van der Waals surface area contributed by atoms with Crippen LogP contribution in [0.5, 0.6) is 0 Å². The maximum Gasteiger partial charge on any atom is 0.133 e. The highest BCUT2D eigenvalue weighted by atomic mass is 16.5. The average Bonchev–Trinajstić information content (AvgIpc) is 3.21. The number of aromatic nitrogens is 1. The molecule has 3 heterocycles. The first-order chi connectivity index (χ1) is 11.7. The largest absolute Gasteiger partial charge is 0.467 e. The van der Waals surface area contributed by atoms with Crippen molar-refractivity contribution in [3.8, 4) is 0 Å². The summed E-state index contributed by atoms with van der Waals surface area (Å²) in [5.41, 5.74) is 0.979. The van der Waals surface area contributed by atoms with Crippen molar-refractivity contribution in [3.05, 3.63) is 41.7 Å². The molecule has 1 saturated heterocycles. The van der Waals surface area contributed by atoms with Gasteiger partial charge in [-0.2, -0.15) is 0 Å². The lowest BCUT2D eigenvalue weighted by Crippen LogP contribution is -2.48. The van der Waals surface area contributed by atoms with Gasteiger partial charge in [0, 0.05) is 45.3 Å². The van der Waals surface area contributed by atoms with E-state index in [4.69, 9.17) is 13.7 Å². The predicted molar refractivity (Wildman–Crippen MR) is 87.3 cm³/mol. The highest BCUT2D eigenvalue weighted by molar-refractivity contribution is 5.03. The summed E-state index contributed by atoms with van der Waals surface area (Å²) in [5.74, 6) is 1.63. The van der Waals surface area contributed by atoms with Crippen LogP contribution in [0.4, 0.5) is 0 Å². The van der Waals surface area contributed by atoms with Crippen LogP contribution >= 0.6 is 0 Å². The van der Waals surface area contributed by atoms with E-state index < -0.39 is 6.10 Å². The van der Waals surface area contributed by atoms with Crippen molar-refractivity contribution in [1.82, 2.24) is 15.0 Å². The van der Waals surface area contributed by atoms with Gasteiger partial charge in [-0.25, -0.2) is 0 Å². The summed E-state index contributed by atoms with van der Waals surface area (Å²) >= 11 is 0. The molecule has 2 aromatic rings. The van der Waals surface area contributed by atoms with Crippen molar-refractivity contribution in [3.63, 3.8) is 0 Å². The number of furan rings is 1. The summed E-state index contributed by atoms with van der Waals surface area (Å²) in [5, 5.41) is 14.1. The molecule has 132 valence electrons. The van der Waals surface area contributed by atoms with Gasteiger partial charge in [0.2, 0.25) is 0 Å². The van der Waals surface area contributed by atoms with Gasteiger partial charge >= 0.3 is 0 Å². The van der Waals surface area contributed by atoms with E-state index in [9.17, 15) is 5.11 Å². The zero-order valence-corrected chi connectivity index (χ0v) is 14.1. The Morgan fingerprint density at radius 3 is 2.75 bits per heavy atom. The van der Waals surface area contributed by atoms with E-state index in [0.29, 0.717) is 19.8 Å². The van der Waals surface area contributed by atoms with Crippen LogP contribution in [0, 0.1) is 6.92 Å². The molecule has 0 aromatic carbocycles. The molecule has 1 aliphatic rings. The molecule has 24 heavy (non-hydrogen) atoms. The third-order valence-corrected chi connectivity index (χ3v) is 4.13. The molecule has 0 saturated carbocycles. The highest BCUT2D eigenvalue weighted by Gasteiger charge is 2.20. The van der Waals surface area contributed by atoms with Gasteiger partial charge in [-0.15, -0.1) is 0 Å². The third kappa shape index (κ3) is 5.17. The first kappa shape index (κ1) is 17.2. The van der Waals surface area contributed by atoms with E-state index in [0.717, 1.165) is 49.9 Å². The lowest BCUT2D eigenvalue weighted by atomic mass is 10.2. The molecule has 1 aliphatic heterocycles. The van der Waals surface area contributed by atoms with Crippen molar-refractivity contribution in [1.29, 1.82) is 0 Å². The van der Waals surface area contributed by atoms with Gasteiger partial charge in [-0.1, -0.05) is 5.16 Å². The average molecular weight is 335 g/mol.